The lowest BCUT2D eigenvalue weighted by atomic mass is 10.1. The van der Waals surface area contributed by atoms with Crippen LogP contribution in [-0.2, 0) is 16.6 Å². The number of hydrogen-bond donors (Lipinski definition) is 2. The average molecular weight is 313 g/mol. The predicted octanol–water partition coefficient (Wildman–Crippen LogP) is 1.16. The molecule has 21 heavy (non-hydrogen) atoms. The predicted molar refractivity (Wildman–Crippen MR) is 79.4 cm³/mol. The quantitative estimate of drug-likeness (QED) is 0.606. The monoisotopic (exact) mass is 313 g/mol. The van der Waals surface area contributed by atoms with Crippen molar-refractivity contribution in [3.05, 3.63) is 39.9 Å². The van der Waals surface area contributed by atoms with Crippen molar-refractivity contribution in [2.45, 2.75) is 31.8 Å². The molecule has 2 rings (SSSR count). The van der Waals surface area contributed by atoms with Gasteiger partial charge in [-0.15, -0.1) is 0 Å². The second-order valence-corrected chi connectivity index (χ2v) is 7.03. The molecule has 2 N–H and O–H groups in total. The number of sulfonamides is 1. The van der Waals surface area contributed by atoms with Crippen LogP contribution in [0.15, 0.2) is 24.3 Å². The summed E-state index contributed by atoms with van der Waals surface area (Å²) in [5.74, 6) is 0.0436. The summed E-state index contributed by atoms with van der Waals surface area (Å²) in [6.07, 6.45) is 2.98. The Labute approximate surface area is 123 Å². The van der Waals surface area contributed by atoms with E-state index in [4.69, 9.17) is 0 Å². The second-order valence-electron chi connectivity index (χ2n) is 5.18. The lowest BCUT2D eigenvalue weighted by Crippen LogP contribution is -2.42. The van der Waals surface area contributed by atoms with Crippen molar-refractivity contribution in [3.8, 4) is 0 Å². The minimum Gasteiger partial charge on any atom is -0.313 e. The molecule has 0 aliphatic carbocycles. The summed E-state index contributed by atoms with van der Waals surface area (Å²) in [6.45, 7) is 0.918. The zero-order valence-corrected chi connectivity index (χ0v) is 12.4. The van der Waals surface area contributed by atoms with Crippen LogP contribution in [0.3, 0.4) is 0 Å². The van der Waals surface area contributed by atoms with Gasteiger partial charge in [-0.2, -0.15) is 0 Å². The van der Waals surface area contributed by atoms with Gasteiger partial charge in [0.2, 0.25) is 10.0 Å². The Morgan fingerprint density at radius 1 is 1.38 bits per heavy atom. The molecule has 1 aromatic rings. The molecule has 0 spiro atoms. The third-order valence-electron chi connectivity index (χ3n) is 3.45. The van der Waals surface area contributed by atoms with E-state index in [2.05, 4.69) is 10.0 Å². The summed E-state index contributed by atoms with van der Waals surface area (Å²) in [4.78, 5) is 10.2. The first-order valence-electron chi connectivity index (χ1n) is 6.90. The Morgan fingerprint density at radius 2 is 2.19 bits per heavy atom. The van der Waals surface area contributed by atoms with Crippen molar-refractivity contribution in [1.82, 2.24) is 10.0 Å². The summed E-state index contributed by atoms with van der Waals surface area (Å²) in [6, 6.07) is 5.95. The largest absolute Gasteiger partial charge is 0.313 e. The molecule has 0 saturated carbocycles. The van der Waals surface area contributed by atoms with Crippen molar-refractivity contribution in [1.29, 1.82) is 0 Å². The van der Waals surface area contributed by atoms with E-state index in [0.717, 1.165) is 25.8 Å². The minimum absolute atomic E-state index is 0.0126. The molecule has 1 fully saturated rings. The number of rotatable bonds is 6. The van der Waals surface area contributed by atoms with Gasteiger partial charge in [0.25, 0.3) is 5.69 Å². The van der Waals surface area contributed by atoms with Crippen LogP contribution in [0.1, 0.15) is 24.8 Å². The highest BCUT2D eigenvalue weighted by Crippen LogP contribution is 2.13. The normalized spacial score (nSPS) is 19.3. The number of nitro benzene ring substituents is 1. The molecule has 0 aromatic heterocycles. The van der Waals surface area contributed by atoms with Crippen LogP contribution in [0.4, 0.5) is 5.69 Å². The van der Waals surface area contributed by atoms with E-state index in [9.17, 15) is 18.5 Å². The highest BCUT2D eigenvalue weighted by molar-refractivity contribution is 7.89. The van der Waals surface area contributed by atoms with Gasteiger partial charge in [0, 0.05) is 24.7 Å². The maximum atomic E-state index is 12.0. The van der Waals surface area contributed by atoms with E-state index in [0.29, 0.717) is 5.56 Å². The SMILES string of the molecule is O=[N+]([O-])c1cccc(CNS(=O)(=O)CC2CCCCN2)c1. The van der Waals surface area contributed by atoms with Gasteiger partial charge in [-0.25, -0.2) is 13.1 Å². The zero-order chi connectivity index (χ0) is 15.3. The molecule has 8 heteroatoms. The smallest absolute Gasteiger partial charge is 0.269 e. The van der Waals surface area contributed by atoms with E-state index >= 15 is 0 Å². The van der Waals surface area contributed by atoms with Crippen LogP contribution in [-0.4, -0.2) is 31.7 Å². The molecule has 1 unspecified atom stereocenters. The molecule has 1 aliphatic rings. The number of nitrogens with zero attached hydrogens (tertiary/aromatic N) is 1. The van der Waals surface area contributed by atoms with Gasteiger partial charge in [-0.3, -0.25) is 10.1 Å². The second kappa shape index (κ2) is 6.97. The fraction of sp³-hybridized carbons (Fsp3) is 0.538. The molecule has 116 valence electrons. The lowest BCUT2D eigenvalue weighted by Gasteiger charge is -2.23. The fourth-order valence-corrected chi connectivity index (χ4v) is 3.68. The van der Waals surface area contributed by atoms with Crippen molar-refractivity contribution in [3.63, 3.8) is 0 Å². The standard InChI is InChI=1S/C13H19N3O4S/c17-16(18)13-6-3-4-11(8-13)9-15-21(19,20)10-12-5-1-2-7-14-12/h3-4,6,8,12,14-15H,1-2,5,7,9-10H2. The van der Waals surface area contributed by atoms with Crippen LogP contribution in [0.2, 0.25) is 0 Å². The van der Waals surface area contributed by atoms with Gasteiger partial charge in [-0.1, -0.05) is 18.6 Å². The number of non-ortho nitro benzene ring substituents is 1. The summed E-state index contributed by atoms with van der Waals surface area (Å²) in [5, 5.41) is 13.9. The molecule has 0 bridgehead atoms. The van der Waals surface area contributed by atoms with E-state index in [-0.39, 0.29) is 24.0 Å². The maximum Gasteiger partial charge on any atom is 0.269 e. The third kappa shape index (κ3) is 5.07. The molecule has 7 nitrogen and oxygen atoms in total. The fourth-order valence-electron chi connectivity index (χ4n) is 2.36. The number of benzene rings is 1. The van der Waals surface area contributed by atoms with Gasteiger partial charge in [0.1, 0.15) is 0 Å². The van der Waals surface area contributed by atoms with Crippen LogP contribution in [0, 0.1) is 10.1 Å². The molecular formula is C13H19N3O4S. The van der Waals surface area contributed by atoms with Crippen LogP contribution < -0.4 is 10.0 Å². The van der Waals surface area contributed by atoms with Gasteiger partial charge in [0.15, 0.2) is 0 Å². The van der Waals surface area contributed by atoms with E-state index < -0.39 is 14.9 Å². The van der Waals surface area contributed by atoms with Crippen molar-refractivity contribution in [2.75, 3.05) is 12.3 Å². The maximum absolute atomic E-state index is 12.0. The van der Waals surface area contributed by atoms with Crippen molar-refractivity contribution < 1.29 is 13.3 Å². The average Bonchev–Trinajstić information content (AvgIpc) is 2.46. The first-order valence-corrected chi connectivity index (χ1v) is 8.55. The Kier molecular flexibility index (Phi) is 5.27. The highest BCUT2D eigenvalue weighted by Gasteiger charge is 2.20. The first kappa shape index (κ1) is 15.9. The molecule has 1 heterocycles. The molecule has 1 saturated heterocycles. The number of hydrogen-bond acceptors (Lipinski definition) is 5. The van der Waals surface area contributed by atoms with E-state index in [1.807, 2.05) is 0 Å². The summed E-state index contributed by atoms with van der Waals surface area (Å²) in [7, 11) is -3.39. The van der Waals surface area contributed by atoms with E-state index in [1.54, 1.807) is 12.1 Å². The Hall–Kier alpha value is -1.51. The van der Waals surface area contributed by atoms with Crippen molar-refractivity contribution >= 4 is 15.7 Å². The van der Waals surface area contributed by atoms with Gasteiger partial charge in [0.05, 0.1) is 10.7 Å². The molecule has 1 aliphatic heterocycles. The Bertz CT molecular complexity index is 597. The summed E-state index contributed by atoms with van der Waals surface area (Å²) in [5.41, 5.74) is 0.532. The highest BCUT2D eigenvalue weighted by atomic mass is 32.2. The molecule has 0 radical (unpaired) electrons. The number of nitrogens with one attached hydrogen (secondary N) is 2. The third-order valence-corrected chi connectivity index (χ3v) is 4.88. The van der Waals surface area contributed by atoms with Gasteiger partial charge < -0.3 is 5.32 Å². The molecule has 1 atom stereocenters. The van der Waals surface area contributed by atoms with Gasteiger partial charge in [-0.05, 0) is 24.9 Å². The summed E-state index contributed by atoms with van der Waals surface area (Å²) >= 11 is 0. The van der Waals surface area contributed by atoms with Crippen LogP contribution in [0.25, 0.3) is 0 Å². The van der Waals surface area contributed by atoms with E-state index in [1.165, 1.54) is 12.1 Å². The summed E-state index contributed by atoms with van der Waals surface area (Å²) < 4.78 is 26.5. The van der Waals surface area contributed by atoms with Crippen LogP contribution >= 0.6 is 0 Å². The first-order chi connectivity index (χ1) is 9.96. The molecule has 0 amide bonds. The number of piperidine rings is 1. The molecule has 1 aromatic carbocycles. The van der Waals surface area contributed by atoms with Gasteiger partial charge >= 0.3 is 0 Å². The minimum atomic E-state index is -3.39. The molecular weight excluding hydrogens is 294 g/mol. The Balaban J connectivity index is 1.91. The lowest BCUT2D eigenvalue weighted by molar-refractivity contribution is -0.384. The topological polar surface area (TPSA) is 101 Å². The van der Waals surface area contributed by atoms with Crippen LogP contribution in [0.5, 0.6) is 0 Å². The number of nitro groups is 1. The van der Waals surface area contributed by atoms with Crippen molar-refractivity contribution in [2.24, 2.45) is 0 Å². The zero-order valence-electron chi connectivity index (χ0n) is 11.6. The Morgan fingerprint density at radius 3 is 2.86 bits per heavy atom.